The molecule has 0 bridgehead atoms. The molecule has 138 valence electrons. The average Bonchev–Trinajstić information content (AvgIpc) is 2.62. The number of piperidine rings is 1. The molecule has 1 aromatic carbocycles. The summed E-state index contributed by atoms with van der Waals surface area (Å²) in [5.41, 5.74) is 0.901. The van der Waals surface area contributed by atoms with Crippen LogP contribution in [0.25, 0.3) is 0 Å². The Bertz CT molecular complexity index is 583. The molecule has 2 rings (SSSR count). The van der Waals surface area contributed by atoms with Crippen molar-refractivity contribution in [3.05, 3.63) is 35.6 Å². The molecule has 0 N–H and O–H groups in total. The van der Waals surface area contributed by atoms with E-state index in [0.717, 1.165) is 18.4 Å². The highest BCUT2D eigenvalue weighted by atomic mass is 19.1. The lowest BCUT2D eigenvalue weighted by Crippen LogP contribution is -2.44. The van der Waals surface area contributed by atoms with Gasteiger partial charge in [0.2, 0.25) is 5.91 Å². The number of rotatable bonds is 6. The molecule has 0 aliphatic carbocycles. The molecule has 1 atom stereocenters. The number of benzene rings is 1. The van der Waals surface area contributed by atoms with Gasteiger partial charge in [0.25, 0.3) is 0 Å². The van der Waals surface area contributed by atoms with Crippen molar-refractivity contribution in [3.8, 4) is 0 Å². The van der Waals surface area contributed by atoms with Crippen LogP contribution in [-0.4, -0.2) is 55.0 Å². The predicted molar refractivity (Wildman–Crippen MR) is 93.4 cm³/mol. The molecule has 0 aromatic heterocycles. The summed E-state index contributed by atoms with van der Waals surface area (Å²) >= 11 is 0. The molecule has 5 nitrogen and oxygen atoms in total. The molecular formula is C19H27FN2O3. The van der Waals surface area contributed by atoms with Gasteiger partial charge < -0.3 is 9.64 Å². The summed E-state index contributed by atoms with van der Waals surface area (Å²) in [5.74, 6) is -0.446. The second-order valence-corrected chi connectivity index (χ2v) is 6.53. The molecular weight excluding hydrogens is 323 g/mol. The Hall–Kier alpha value is -1.95. The van der Waals surface area contributed by atoms with Crippen LogP contribution in [0.4, 0.5) is 4.39 Å². The molecule has 1 aliphatic rings. The fourth-order valence-corrected chi connectivity index (χ4v) is 3.07. The lowest BCUT2D eigenvalue weighted by Gasteiger charge is -2.33. The minimum Gasteiger partial charge on any atom is -0.466 e. The van der Waals surface area contributed by atoms with E-state index < -0.39 is 0 Å². The van der Waals surface area contributed by atoms with Gasteiger partial charge in [0.15, 0.2) is 0 Å². The van der Waals surface area contributed by atoms with Gasteiger partial charge in [0, 0.05) is 7.05 Å². The van der Waals surface area contributed by atoms with E-state index in [0.29, 0.717) is 26.2 Å². The number of hydrogen-bond donors (Lipinski definition) is 0. The first-order valence-corrected chi connectivity index (χ1v) is 8.82. The van der Waals surface area contributed by atoms with Crippen molar-refractivity contribution in [1.82, 2.24) is 9.80 Å². The molecule has 6 heteroatoms. The van der Waals surface area contributed by atoms with Crippen molar-refractivity contribution in [2.45, 2.75) is 32.7 Å². The van der Waals surface area contributed by atoms with Gasteiger partial charge in [0.05, 0.1) is 25.1 Å². The van der Waals surface area contributed by atoms with Crippen molar-refractivity contribution in [3.63, 3.8) is 0 Å². The summed E-state index contributed by atoms with van der Waals surface area (Å²) in [4.78, 5) is 28.1. The first-order valence-electron chi connectivity index (χ1n) is 8.82. The number of esters is 1. The molecule has 25 heavy (non-hydrogen) atoms. The number of likely N-dealkylation sites (tertiary alicyclic amines) is 1. The maximum Gasteiger partial charge on any atom is 0.309 e. The van der Waals surface area contributed by atoms with Crippen LogP contribution in [0.2, 0.25) is 0 Å². The molecule has 0 radical (unpaired) electrons. The van der Waals surface area contributed by atoms with Gasteiger partial charge in [-0.1, -0.05) is 12.1 Å². The second kappa shape index (κ2) is 8.94. The molecule has 0 saturated carbocycles. The standard InChI is InChI=1S/C19H27FN2O3/c1-4-25-19(24)16-9-11-22(12-10-16)13-18(23)21(3)14(2)15-5-7-17(20)8-6-15/h5-8,14,16H,4,9-13H2,1-3H3. The van der Waals surface area contributed by atoms with Crippen molar-refractivity contribution in [1.29, 1.82) is 0 Å². The first-order chi connectivity index (χ1) is 11.9. The summed E-state index contributed by atoms with van der Waals surface area (Å²) in [7, 11) is 1.77. The van der Waals surface area contributed by atoms with Crippen molar-refractivity contribution < 1.29 is 18.7 Å². The minimum absolute atomic E-state index is 0.0198. The number of halogens is 1. The monoisotopic (exact) mass is 350 g/mol. The van der Waals surface area contributed by atoms with Crippen LogP contribution in [0.5, 0.6) is 0 Å². The number of likely N-dealkylation sites (N-methyl/N-ethyl adjacent to an activating group) is 1. The summed E-state index contributed by atoms with van der Waals surface area (Å²) in [6.45, 7) is 5.91. The average molecular weight is 350 g/mol. The Morgan fingerprint density at radius 1 is 1.28 bits per heavy atom. The smallest absolute Gasteiger partial charge is 0.309 e. The van der Waals surface area contributed by atoms with E-state index in [1.807, 2.05) is 13.8 Å². The summed E-state index contributed by atoms with van der Waals surface area (Å²) < 4.78 is 18.1. The lowest BCUT2D eigenvalue weighted by molar-refractivity contribution is -0.149. The molecule has 1 unspecified atom stereocenters. The van der Waals surface area contributed by atoms with Gasteiger partial charge in [-0.15, -0.1) is 0 Å². The number of carbonyl (C=O) groups is 2. The van der Waals surface area contributed by atoms with E-state index in [1.165, 1.54) is 12.1 Å². The van der Waals surface area contributed by atoms with E-state index in [9.17, 15) is 14.0 Å². The number of ether oxygens (including phenoxy) is 1. The molecule has 1 aliphatic heterocycles. The van der Waals surface area contributed by atoms with Crippen molar-refractivity contribution >= 4 is 11.9 Å². The Balaban J connectivity index is 1.83. The zero-order valence-corrected chi connectivity index (χ0v) is 15.2. The molecule has 1 aromatic rings. The van der Waals surface area contributed by atoms with Gasteiger partial charge in [-0.2, -0.15) is 0 Å². The largest absolute Gasteiger partial charge is 0.466 e. The van der Waals surface area contributed by atoms with Crippen LogP contribution in [0.15, 0.2) is 24.3 Å². The summed E-state index contributed by atoms with van der Waals surface area (Å²) in [5, 5.41) is 0. The third kappa shape index (κ3) is 5.26. The maximum absolute atomic E-state index is 13.0. The van der Waals surface area contributed by atoms with Gasteiger partial charge in [-0.25, -0.2) is 4.39 Å². The normalized spacial score (nSPS) is 17.1. The quantitative estimate of drug-likeness (QED) is 0.740. The molecule has 1 saturated heterocycles. The van der Waals surface area contributed by atoms with Crippen LogP contribution < -0.4 is 0 Å². The topological polar surface area (TPSA) is 49.9 Å². The van der Waals surface area contributed by atoms with Gasteiger partial charge >= 0.3 is 5.97 Å². The highest BCUT2D eigenvalue weighted by molar-refractivity contribution is 5.78. The van der Waals surface area contributed by atoms with E-state index in [-0.39, 0.29) is 29.7 Å². The molecule has 1 heterocycles. The summed E-state index contributed by atoms with van der Waals surface area (Å²) in [6.07, 6.45) is 1.45. The van der Waals surface area contributed by atoms with E-state index >= 15 is 0 Å². The highest BCUT2D eigenvalue weighted by Gasteiger charge is 2.28. The number of carbonyl (C=O) groups excluding carboxylic acids is 2. The van der Waals surface area contributed by atoms with Crippen LogP contribution in [0.1, 0.15) is 38.3 Å². The van der Waals surface area contributed by atoms with E-state index in [2.05, 4.69) is 4.90 Å². The molecule has 1 amide bonds. The maximum atomic E-state index is 13.0. The molecule has 0 spiro atoms. The van der Waals surface area contributed by atoms with Crippen LogP contribution in [0, 0.1) is 11.7 Å². The van der Waals surface area contributed by atoms with Crippen LogP contribution in [-0.2, 0) is 14.3 Å². The van der Waals surface area contributed by atoms with Crippen LogP contribution >= 0.6 is 0 Å². The third-order valence-electron chi connectivity index (χ3n) is 4.89. The number of nitrogens with zero attached hydrogens (tertiary/aromatic N) is 2. The Morgan fingerprint density at radius 2 is 1.88 bits per heavy atom. The zero-order valence-electron chi connectivity index (χ0n) is 15.2. The summed E-state index contributed by atoms with van der Waals surface area (Å²) in [6, 6.07) is 6.10. The van der Waals surface area contributed by atoms with Gasteiger partial charge in [-0.05, 0) is 57.5 Å². The van der Waals surface area contributed by atoms with Gasteiger partial charge in [-0.3, -0.25) is 14.5 Å². The first kappa shape index (κ1) is 19.4. The Kier molecular flexibility index (Phi) is 6.93. The minimum atomic E-state index is -0.283. The molecule has 1 fully saturated rings. The fourth-order valence-electron chi connectivity index (χ4n) is 3.07. The SMILES string of the molecule is CCOC(=O)C1CCN(CC(=O)N(C)C(C)c2ccc(F)cc2)CC1. The van der Waals surface area contributed by atoms with Crippen molar-refractivity contribution in [2.24, 2.45) is 5.92 Å². The second-order valence-electron chi connectivity index (χ2n) is 6.53. The van der Waals surface area contributed by atoms with Crippen LogP contribution in [0.3, 0.4) is 0 Å². The van der Waals surface area contributed by atoms with Gasteiger partial charge in [0.1, 0.15) is 5.82 Å². The highest BCUT2D eigenvalue weighted by Crippen LogP contribution is 2.21. The van der Waals surface area contributed by atoms with E-state index in [1.54, 1.807) is 24.1 Å². The fraction of sp³-hybridized carbons (Fsp3) is 0.579. The number of amides is 1. The zero-order chi connectivity index (χ0) is 18.4. The Labute approximate surface area is 148 Å². The number of hydrogen-bond acceptors (Lipinski definition) is 4. The Morgan fingerprint density at radius 3 is 2.44 bits per heavy atom. The predicted octanol–water partition coefficient (Wildman–Crippen LogP) is 2.62. The third-order valence-corrected chi connectivity index (χ3v) is 4.89. The van der Waals surface area contributed by atoms with E-state index in [4.69, 9.17) is 4.74 Å². The lowest BCUT2D eigenvalue weighted by atomic mass is 9.97. The van der Waals surface area contributed by atoms with Crippen molar-refractivity contribution in [2.75, 3.05) is 33.3 Å².